The molecule has 0 unspecified atom stereocenters. The fourth-order valence-electron chi connectivity index (χ4n) is 1.84. The quantitative estimate of drug-likeness (QED) is 0.509. The first-order valence-electron chi connectivity index (χ1n) is 6.04. The van der Waals surface area contributed by atoms with Crippen molar-refractivity contribution in [3.05, 3.63) is 28.8 Å². The number of para-hydroxylation sites is 1. The number of urea groups is 1. The predicted octanol–water partition coefficient (Wildman–Crippen LogP) is 2.29. The molecule has 0 aliphatic rings. The molecule has 0 aliphatic heterocycles. The van der Waals surface area contributed by atoms with Crippen molar-refractivity contribution in [2.75, 3.05) is 18.5 Å². The van der Waals surface area contributed by atoms with Gasteiger partial charge in [-0.25, -0.2) is 4.79 Å². The van der Waals surface area contributed by atoms with Crippen LogP contribution in [0.3, 0.4) is 0 Å². The third-order valence-electron chi connectivity index (χ3n) is 2.84. The van der Waals surface area contributed by atoms with Gasteiger partial charge in [0.2, 0.25) is 0 Å². The number of halogens is 1. The van der Waals surface area contributed by atoms with Crippen LogP contribution in [0.5, 0.6) is 0 Å². The van der Waals surface area contributed by atoms with E-state index in [1.165, 1.54) is 4.90 Å². The fraction of sp³-hybridized carbons (Fsp3) is 0.286. The molecule has 0 bridgehead atoms. The van der Waals surface area contributed by atoms with Gasteiger partial charge in [0.1, 0.15) is 0 Å². The van der Waals surface area contributed by atoms with E-state index in [0.717, 1.165) is 16.9 Å². The van der Waals surface area contributed by atoms with Crippen molar-refractivity contribution < 1.29 is 4.79 Å². The molecule has 1 aromatic rings. The van der Waals surface area contributed by atoms with Crippen LogP contribution in [0, 0.1) is 17.8 Å². The monoisotopic (exact) mass is 292 g/mol. The minimum absolute atomic E-state index is 0.0651. The summed E-state index contributed by atoms with van der Waals surface area (Å²) in [4.78, 5) is 14.7. The van der Waals surface area contributed by atoms with Crippen molar-refractivity contribution in [3.8, 4) is 12.3 Å². The number of aryl methyl sites for hydroxylation is 1. The normalized spacial score (nSPS) is 9.70. The number of anilines is 1. The molecule has 0 atom stereocenters. The van der Waals surface area contributed by atoms with Crippen LogP contribution in [0.15, 0.2) is 18.2 Å². The highest BCUT2D eigenvalue weighted by Gasteiger charge is 2.23. The van der Waals surface area contributed by atoms with Crippen molar-refractivity contribution in [3.63, 3.8) is 0 Å². The van der Waals surface area contributed by atoms with Crippen LogP contribution in [0.2, 0.25) is 5.02 Å². The molecule has 5 nitrogen and oxygen atoms in total. The SMILES string of the molecule is C#CCN(C(=N)N)C(=O)N(C)c1c(Cl)cccc1CC. The van der Waals surface area contributed by atoms with Gasteiger partial charge in [0, 0.05) is 7.05 Å². The number of terminal acetylenes is 1. The molecule has 0 fully saturated rings. The Morgan fingerprint density at radius 1 is 1.55 bits per heavy atom. The van der Waals surface area contributed by atoms with Gasteiger partial charge < -0.3 is 5.73 Å². The van der Waals surface area contributed by atoms with E-state index in [1.807, 2.05) is 19.1 Å². The molecule has 0 saturated carbocycles. The molecule has 2 amide bonds. The van der Waals surface area contributed by atoms with Crippen LogP contribution in [-0.4, -0.2) is 30.5 Å². The Labute approximate surface area is 123 Å². The van der Waals surface area contributed by atoms with Crippen LogP contribution < -0.4 is 10.6 Å². The van der Waals surface area contributed by atoms with E-state index in [-0.39, 0.29) is 6.54 Å². The molecule has 0 aliphatic carbocycles. The van der Waals surface area contributed by atoms with Gasteiger partial charge in [-0.15, -0.1) is 6.42 Å². The smallest absolute Gasteiger partial charge is 0.331 e. The van der Waals surface area contributed by atoms with E-state index in [2.05, 4.69) is 5.92 Å². The van der Waals surface area contributed by atoms with E-state index < -0.39 is 12.0 Å². The minimum atomic E-state index is -0.488. The zero-order chi connectivity index (χ0) is 15.3. The molecule has 0 heterocycles. The first kappa shape index (κ1) is 15.9. The third kappa shape index (κ3) is 3.22. The fourth-order valence-corrected chi connectivity index (χ4v) is 2.17. The van der Waals surface area contributed by atoms with Crippen molar-refractivity contribution in [2.24, 2.45) is 5.73 Å². The summed E-state index contributed by atoms with van der Waals surface area (Å²) in [5.74, 6) is 1.91. The lowest BCUT2D eigenvalue weighted by molar-refractivity contribution is 0.231. The maximum Gasteiger partial charge on any atom is 0.331 e. The Kier molecular flexibility index (Phi) is 5.42. The minimum Gasteiger partial charge on any atom is -0.370 e. The maximum absolute atomic E-state index is 12.4. The second kappa shape index (κ2) is 6.83. The Bertz CT molecular complexity index is 565. The van der Waals surface area contributed by atoms with E-state index in [4.69, 9.17) is 29.2 Å². The van der Waals surface area contributed by atoms with Gasteiger partial charge in [-0.05, 0) is 18.1 Å². The maximum atomic E-state index is 12.4. The summed E-state index contributed by atoms with van der Waals surface area (Å²) < 4.78 is 0. The van der Waals surface area contributed by atoms with Crippen LogP contribution in [0.4, 0.5) is 10.5 Å². The molecule has 1 aromatic carbocycles. The van der Waals surface area contributed by atoms with Gasteiger partial charge in [0.25, 0.3) is 0 Å². The lowest BCUT2D eigenvalue weighted by Gasteiger charge is -2.27. The van der Waals surface area contributed by atoms with E-state index >= 15 is 0 Å². The van der Waals surface area contributed by atoms with Gasteiger partial charge in [-0.3, -0.25) is 15.2 Å². The van der Waals surface area contributed by atoms with Crippen LogP contribution in [0.1, 0.15) is 12.5 Å². The van der Waals surface area contributed by atoms with Crippen molar-refractivity contribution in [2.45, 2.75) is 13.3 Å². The lowest BCUT2D eigenvalue weighted by atomic mass is 10.1. The standard InChI is InChI=1S/C14H17ClN4O/c1-4-9-19(13(16)17)14(20)18(3)12-10(5-2)7-6-8-11(12)15/h1,6-8H,5,9H2,2-3H3,(H3,16,17). The Morgan fingerprint density at radius 2 is 2.20 bits per heavy atom. The number of nitrogens with two attached hydrogens (primary N) is 1. The molecule has 1 rings (SSSR count). The van der Waals surface area contributed by atoms with Gasteiger partial charge in [-0.2, -0.15) is 0 Å². The van der Waals surface area contributed by atoms with Gasteiger partial charge in [0.05, 0.1) is 17.3 Å². The topological polar surface area (TPSA) is 73.4 Å². The summed E-state index contributed by atoms with van der Waals surface area (Å²) in [6, 6.07) is 4.94. The Hall–Kier alpha value is -2.19. The largest absolute Gasteiger partial charge is 0.370 e. The summed E-state index contributed by atoms with van der Waals surface area (Å²) in [6.07, 6.45) is 5.91. The second-order valence-electron chi connectivity index (χ2n) is 4.12. The molecule has 20 heavy (non-hydrogen) atoms. The first-order chi connectivity index (χ1) is 9.43. The lowest BCUT2D eigenvalue weighted by Crippen LogP contribution is -2.48. The highest BCUT2D eigenvalue weighted by molar-refractivity contribution is 6.34. The molecule has 0 radical (unpaired) electrons. The molecular weight excluding hydrogens is 276 g/mol. The molecule has 3 N–H and O–H groups in total. The number of rotatable bonds is 3. The van der Waals surface area contributed by atoms with Crippen LogP contribution >= 0.6 is 11.6 Å². The number of hydrogen-bond donors (Lipinski definition) is 2. The van der Waals surface area contributed by atoms with E-state index in [0.29, 0.717) is 10.7 Å². The second-order valence-corrected chi connectivity index (χ2v) is 4.53. The summed E-state index contributed by atoms with van der Waals surface area (Å²) in [5.41, 5.74) is 6.91. The number of carbonyl (C=O) groups is 1. The van der Waals surface area contributed by atoms with Crippen molar-refractivity contribution in [1.82, 2.24) is 4.90 Å². The number of nitrogens with one attached hydrogen (secondary N) is 1. The number of benzene rings is 1. The summed E-state index contributed by atoms with van der Waals surface area (Å²) in [6.45, 7) is 1.90. The summed E-state index contributed by atoms with van der Waals surface area (Å²) in [5, 5.41) is 7.88. The van der Waals surface area contributed by atoms with Crippen molar-refractivity contribution >= 4 is 29.3 Å². The molecule has 0 aromatic heterocycles. The molecule has 0 saturated heterocycles. The Balaban J connectivity index is 3.18. The van der Waals surface area contributed by atoms with Crippen molar-refractivity contribution in [1.29, 1.82) is 5.41 Å². The molecule has 0 spiro atoms. The number of hydrogen-bond acceptors (Lipinski definition) is 2. The number of guanidine groups is 1. The van der Waals surface area contributed by atoms with E-state index in [1.54, 1.807) is 13.1 Å². The number of amides is 2. The van der Waals surface area contributed by atoms with E-state index in [9.17, 15) is 4.79 Å². The first-order valence-corrected chi connectivity index (χ1v) is 6.41. The number of nitrogens with zero attached hydrogens (tertiary/aromatic N) is 2. The highest BCUT2D eigenvalue weighted by atomic mass is 35.5. The zero-order valence-corrected chi connectivity index (χ0v) is 12.2. The predicted molar refractivity (Wildman–Crippen MR) is 82.1 cm³/mol. The highest BCUT2D eigenvalue weighted by Crippen LogP contribution is 2.30. The molecule has 106 valence electrons. The third-order valence-corrected chi connectivity index (χ3v) is 3.15. The van der Waals surface area contributed by atoms with Crippen LogP contribution in [0.25, 0.3) is 0 Å². The summed E-state index contributed by atoms with van der Waals surface area (Å²) >= 11 is 6.17. The van der Waals surface area contributed by atoms with Crippen LogP contribution in [-0.2, 0) is 6.42 Å². The Morgan fingerprint density at radius 3 is 2.70 bits per heavy atom. The molecule has 6 heteroatoms. The zero-order valence-electron chi connectivity index (χ0n) is 11.5. The average molecular weight is 293 g/mol. The summed E-state index contributed by atoms with van der Waals surface area (Å²) in [7, 11) is 1.58. The molecular formula is C14H17ClN4O. The van der Waals surface area contributed by atoms with Gasteiger partial charge in [0.15, 0.2) is 5.96 Å². The van der Waals surface area contributed by atoms with Gasteiger partial charge >= 0.3 is 6.03 Å². The number of carbonyl (C=O) groups excluding carboxylic acids is 1. The van der Waals surface area contributed by atoms with Gasteiger partial charge in [-0.1, -0.05) is 36.6 Å². The average Bonchev–Trinajstić information content (AvgIpc) is 2.42.